The highest BCUT2D eigenvalue weighted by Gasteiger charge is 2.56. The highest BCUT2D eigenvalue weighted by molar-refractivity contribution is 5.95. The molecule has 2 aromatic heterocycles. The lowest BCUT2D eigenvalue weighted by molar-refractivity contribution is 0.0926. The third-order valence-electron chi connectivity index (χ3n) is 7.13. The van der Waals surface area contributed by atoms with Gasteiger partial charge < -0.3 is 10.2 Å². The van der Waals surface area contributed by atoms with Gasteiger partial charge in [-0.3, -0.25) is 9.78 Å². The number of fused-ring (bicyclic) bond motifs is 3. The summed E-state index contributed by atoms with van der Waals surface area (Å²) in [5, 5.41) is 3.20. The quantitative estimate of drug-likeness (QED) is 0.672. The van der Waals surface area contributed by atoms with E-state index >= 15 is 0 Å². The Hall–Kier alpha value is -3.35. The van der Waals surface area contributed by atoms with E-state index in [1.54, 1.807) is 6.20 Å². The number of halogens is 1. The van der Waals surface area contributed by atoms with Crippen molar-refractivity contribution in [2.75, 3.05) is 11.4 Å². The number of benzene rings is 1. The summed E-state index contributed by atoms with van der Waals surface area (Å²) in [6.07, 6.45) is 3.77. The lowest BCUT2D eigenvalue weighted by Gasteiger charge is -2.30. The van der Waals surface area contributed by atoms with Crippen LogP contribution >= 0.6 is 0 Å². The Kier molecular flexibility index (Phi) is 4.12. The van der Waals surface area contributed by atoms with Crippen molar-refractivity contribution >= 4 is 17.4 Å². The lowest BCUT2D eigenvalue weighted by atomic mass is 10.0. The van der Waals surface area contributed by atoms with Crippen LogP contribution in [0.5, 0.6) is 0 Å². The van der Waals surface area contributed by atoms with E-state index in [4.69, 9.17) is 4.98 Å². The van der Waals surface area contributed by atoms with Gasteiger partial charge in [-0.05, 0) is 74.1 Å². The zero-order chi connectivity index (χ0) is 22.0. The van der Waals surface area contributed by atoms with Gasteiger partial charge in [0.2, 0.25) is 0 Å². The van der Waals surface area contributed by atoms with E-state index in [-0.39, 0.29) is 17.6 Å². The predicted octanol–water partition coefficient (Wildman–Crippen LogP) is 4.24. The fraction of sp³-hybridized carbons (Fsp3) is 0.360. The average Bonchev–Trinajstić information content (AvgIpc) is 3.70. The molecule has 0 unspecified atom stereocenters. The Morgan fingerprint density at radius 2 is 1.94 bits per heavy atom. The maximum Gasteiger partial charge on any atom is 0.252 e. The number of amides is 1. The second-order valence-corrected chi connectivity index (χ2v) is 9.31. The molecule has 1 amide bonds. The molecular formula is C25H24FN5O. The van der Waals surface area contributed by atoms with Gasteiger partial charge in [0.1, 0.15) is 17.5 Å². The van der Waals surface area contributed by atoms with E-state index in [1.807, 2.05) is 19.1 Å². The minimum Gasteiger partial charge on any atom is -0.341 e. The van der Waals surface area contributed by atoms with Crippen molar-refractivity contribution in [1.82, 2.24) is 20.3 Å². The second kappa shape index (κ2) is 6.82. The highest BCUT2D eigenvalue weighted by Crippen LogP contribution is 2.57. The van der Waals surface area contributed by atoms with Crippen LogP contribution < -0.4 is 10.2 Å². The lowest BCUT2D eigenvalue weighted by Crippen LogP contribution is -2.37. The molecule has 0 spiro atoms. The minimum absolute atomic E-state index is 0.198. The fourth-order valence-electron chi connectivity index (χ4n) is 5.04. The van der Waals surface area contributed by atoms with Crippen molar-refractivity contribution in [3.05, 3.63) is 77.3 Å². The number of hydrogen-bond acceptors (Lipinski definition) is 5. The summed E-state index contributed by atoms with van der Waals surface area (Å²) >= 11 is 0. The van der Waals surface area contributed by atoms with Crippen LogP contribution in [0.1, 0.15) is 53.3 Å². The van der Waals surface area contributed by atoms with Gasteiger partial charge in [-0.1, -0.05) is 6.92 Å². The number of nitrogens with zero attached hydrogens (tertiary/aromatic N) is 4. The summed E-state index contributed by atoms with van der Waals surface area (Å²) in [5.41, 5.74) is 3.09. The molecule has 2 saturated carbocycles. The molecule has 1 aromatic carbocycles. The molecule has 3 heterocycles. The first-order valence-electron chi connectivity index (χ1n) is 11.1. The number of anilines is 2. The molecular weight excluding hydrogens is 405 g/mol. The van der Waals surface area contributed by atoms with Crippen LogP contribution in [-0.4, -0.2) is 27.4 Å². The first-order valence-corrected chi connectivity index (χ1v) is 11.1. The number of carbonyl (C=O) groups excluding carboxylic acids is 1. The van der Waals surface area contributed by atoms with E-state index in [0.29, 0.717) is 17.4 Å². The summed E-state index contributed by atoms with van der Waals surface area (Å²) in [5.74, 6) is 2.45. The van der Waals surface area contributed by atoms with Crippen molar-refractivity contribution < 1.29 is 9.18 Å². The van der Waals surface area contributed by atoms with Crippen LogP contribution in [0.2, 0.25) is 0 Å². The van der Waals surface area contributed by atoms with Crippen molar-refractivity contribution in [2.45, 2.75) is 38.1 Å². The van der Waals surface area contributed by atoms with Gasteiger partial charge in [0, 0.05) is 24.2 Å². The van der Waals surface area contributed by atoms with Gasteiger partial charge in [0.15, 0.2) is 0 Å². The third kappa shape index (κ3) is 3.06. The molecule has 0 radical (unpaired) electrons. The zero-order valence-electron chi connectivity index (χ0n) is 18.0. The Morgan fingerprint density at radius 1 is 1.16 bits per heavy atom. The molecule has 4 atom stereocenters. The van der Waals surface area contributed by atoms with Crippen LogP contribution in [-0.2, 0) is 5.54 Å². The molecule has 32 heavy (non-hydrogen) atoms. The van der Waals surface area contributed by atoms with Crippen LogP contribution in [0.15, 0.2) is 48.7 Å². The van der Waals surface area contributed by atoms with Gasteiger partial charge in [-0.15, -0.1) is 0 Å². The van der Waals surface area contributed by atoms with Crippen LogP contribution in [0.25, 0.3) is 0 Å². The molecule has 1 aliphatic heterocycles. The predicted molar refractivity (Wildman–Crippen MR) is 118 cm³/mol. The summed E-state index contributed by atoms with van der Waals surface area (Å²) < 4.78 is 13.3. The zero-order valence-corrected chi connectivity index (χ0v) is 18.0. The largest absolute Gasteiger partial charge is 0.341 e. The second-order valence-electron chi connectivity index (χ2n) is 9.31. The van der Waals surface area contributed by atoms with Crippen molar-refractivity contribution in [3.63, 3.8) is 0 Å². The summed E-state index contributed by atoms with van der Waals surface area (Å²) in [6, 6.07) is 11.8. The maximum atomic E-state index is 13.3. The molecule has 7 heteroatoms. The van der Waals surface area contributed by atoms with Crippen molar-refractivity contribution in [2.24, 2.45) is 11.8 Å². The van der Waals surface area contributed by atoms with Crippen molar-refractivity contribution in [1.29, 1.82) is 0 Å². The number of rotatable bonds is 4. The molecule has 0 saturated heterocycles. The van der Waals surface area contributed by atoms with Gasteiger partial charge >= 0.3 is 0 Å². The number of nitrogens with one attached hydrogen (secondary N) is 1. The summed E-state index contributed by atoms with van der Waals surface area (Å²) in [6.45, 7) is 4.97. The monoisotopic (exact) mass is 429 g/mol. The smallest absolute Gasteiger partial charge is 0.252 e. The Morgan fingerprint density at radius 3 is 2.66 bits per heavy atom. The number of pyridine rings is 1. The van der Waals surface area contributed by atoms with E-state index in [2.05, 4.69) is 33.2 Å². The number of aromatic nitrogens is 3. The first-order chi connectivity index (χ1) is 15.4. The number of aryl methyl sites for hydroxylation is 1. The van der Waals surface area contributed by atoms with Crippen molar-refractivity contribution in [3.8, 4) is 0 Å². The molecule has 1 N–H and O–H groups in total. The minimum atomic E-state index is -0.474. The fourth-order valence-corrected chi connectivity index (χ4v) is 5.04. The van der Waals surface area contributed by atoms with Gasteiger partial charge in [-0.25, -0.2) is 14.4 Å². The Bertz CT molecular complexity index is 1230. The van der Waals surface area contributed by atoms with Crippen LogP contribution in [0.3, 0.4) is 0 Å². The Balaban J connectivity index is 1.33. The normalized spacial score (nSPS) is 27.3. The Labute approximate surface area is 185 Å². The molecule has 162 valence electrons. The van der Waals surface area contributed by atoms with E-state index in [0.717, 1.165) is 48.1 Å². The van der Waals surface area contributed by atoms with Gasteiger partial charge in [-0.2, -0.15) is 0 Å². The summed E-state index contributed by atoms with van der Waals surface area (Å²) in [7, 11) is 0. The number of hydrogen-bond donors (Lipinski definition) is 1. The molecule has 3 aliphatic rings. The molecule has 2 aliphatic carbocycles. The summed E-state index contributed by atoms with van der Waals surface area (Å²) in [4.78, 5) is 29.1. The first kappa shape index (κ1) is 19.3. The van der Waals surface area contributed by atoms with Crippen LogP contribution in [0, 0.1) is 24.6 Å². The molecule has 6 rings (SSSR count). The highest BCUT2D eigenvalue weighted by atomic mass is 19.1. The maximum absolute atomic E-state index is 13.3. The third-order valence-corrected chi connectivity index (χ3v) is 7.13. The van der Waals surface area contributed by atoms with Gasteiger partial charge in [0.25, 0.3) is 5.91 Å². The molecule has 6 nitrogen and oxygen atoms in total. The van der Waals surface area contributed by atoms with Gasteiger partial charge in [0.05, 0.1) is 22.6 Å². The molecule has 0 bridgehead atoms. The van der Waals surface area contributed by atoms with E-state index in [1.165, 1.54) is 24.3 Å². The molecule has 2 fully saturated rings. The van der Waals surface area contributed by atoms with Crippen LogP contribution in [0.4, 0.5) is 15.9 Å². The molecule has 3 aromatic rings. The van der Waals surface area contributed by atoms with E-state index < -0.39 is 5.54 Å². The number of carbonyl (C=O) groups is 1. The van der Waals surface area contributed by atoms with E-state index in [9.17, 15) is 9.18 Å². The topological polar surface area (TPSA) is 71.0 Å². The SMILES string of the molecule is Cc1nccc(N2C[C@@H]3C[C@@H]3c3nc([C@@]4(NC(=O)c5ccc(F)cc5)C[C@H]4C)ccc32)n1. The average molecular weight is 429 g/mol. The standard InChI is InChI=1S/C25H24FN5O/c1-14-12-25(14,30-24(32)16-3-5-18(26)6-4-16)21-8-7-20-23(29-21)19-11-17(19)13-31(20)22-9-10-27-15(2)28-22/h3-10,14,17,19H,11-13H2,1-2H3,(H,30,32)/t14-,17+,19+,25-/m1/s1.